The van der Waals surface area contributed by atoms with Gasteiger partial charge < -0.3 is 9.84 Å². The van der Waals surface area contributed by atoms with Crippen molar-refractivity contribution in [2.75, 3.05) is 0 Å². The molecule has 43 heavy (non-hydrogen) atoms. The number of hydrogen-bond acceptors (Lipinski definition) is 3. The van der Waals surface area contributed by atoms with Crippen LogP contribution >= 0.6 is 0 Å². The van der Waals surface area contributed by atoms with Crippen molar-refractivity contribution in [2.24, 2.45) is 11.8 Å². The van der Waals surface area contributed by atoms with Crippen LogP contribution in [-0.2, 0) is 23.6 Å². The molecule has 234 valence electrons. The van der Waals surface area contributed by atoms with Gasteiger partial charge in [0.15, 0.2) is 0 Å². The van der Waals surface area contributed by atoms with Crippen molar-refractivity contribution in [2.45, 2.75) is 114 Å². The number of rotatable bonds is 6. The van der Waals surface area contributed by atoms with Crippen LogP contribution in [-0.4, -0.2) is 33.7 Å². The Morgan fingerprint density at radius 3 is 2.30 bits per heavy atom. The van der Waals surface area contributed by atoms with E-state index in [0.717, 1.165) is 55.4 Å². The van der Waals surface area contributed by atoms with Gasteiger partial charge in [0.1, 0.15) is 11.4 Å². The summed E-state index contributed by atoms with van der Waals surface area (Å²) in [7, 11) is 0. The van der Waals surface area contributed by atoms with E-state index in [0.29, 0.717) is 43.4 Å². The summed E-state index contributed by atoms with van der Waals surface area (Å²) in [5.41, 5.74) is -0.952. The molecule has 6 atom stereocenters. The molecule has 2 saturated heterocycles. The largest absolute Gasteiger partial charge is 0.487 e. The fraction of sp³-hybridized carbons (Fsp3) is 0.606. The van der Waals surface area contributed by atoms with Gasteiger partial charge in [0, 0.05) is 24.5 Å². The Hall–Kier alpha value is -2.75. The summed E-state index contributed by atoms with van der Waals surface area (Å²) in [4.78, 5) is 13.9. The molecule has 10 heteroatoms. The Morgan fingerprint density at radius 1 is 0.930 bits per heavy atom. The van der Waals surface area contributed by atoms with Gasteiger partial charge in [-0.2, -0.15) is 26.3 Å². The topological polar surface area (TPSA) is 49.8 Å². The van der Waals surface area contributed by atoms with Crippen LogP contribution in [0.15, 0.2) is 36.4 Å². The van der Waals surface area contributed by atoms with E-state index in [-0.39, 0.29) is 23.6 Å². The lowest BCUT2D eigenvalue weighted by Crippen LogP contribution is -2.44. The monoisotopic (exact) mass is 609 g/mol. The first kappa shape index (κ1) is 30.3. The first-order valence-electron chi connectivity index (χ1n) is 15.3. The van der Waals surface area contributed by atoms with Gasteiger partial charge in [-0.3, -0.25) is 9.69 Å². The summed E-state index contributed by atoms with van der Waals surface area (Å²) in [5, 5.41) is 9.73. The van der Waals surface area contributed by atoms with Crippen LogP contribution in [0, 0.1) is 11.8 Å². The molecule has 2 bridgehead atoms. The highest BCUT2D eigenvalue weighted by molar-refractivity contribution is 5.71. The van der Waals surface area contributed by atoms with Crippen LogP contribution in [0.1, 0.15) is 105 Å². The fourth-order valence-electron chi connectivity index (χ4n) is 8.20. The molecule has 3 heterocycles. The van der Waals surface area contributed by atoms with Crippen molar-refractivity contribution in [3.05, 3.63) is 64.2 Å². The normalized spacial score (nSPS) is 28.1. The number of aryl methyl sites for hydroxylation is 1. The summed E-state index contributed by atoms with van der Waals surface area (Å²) in [6.07, 6.45) is -2.51. The minimum Gasteiger partial charge on any atom is -0.487 e. The van der Waals surface area contributed by atoms with Crippen LogP contribution in [0.25, 0.3) is 0 Å². The average Bonchev–Trinajstić information content (AvgIpc) is 3.71. The molecule has 1 aliphatic carbocycles. The maximum Gasteiger partial charge on any atom is 0.416 e. The standard InChI is InChI=1S/C33H37F6NO3/c1-18(30(41)42)29(21-4-5-21)22-6-3-20-11-13-31(43-28(20)15-22)14-12-24-8-9-25(17-31)40(24)19(2)26-16-23(32(34,35)36)7-10-27(26)33(37,38)39/h3,6-7,10,15-16,18-19,21,24-25,29H,4-5,8-9,11-14,17H2,1-2H3,(H,41,42)/t18-,19-,24?,25?,29-,31?/m0/s1. The van der Waals surface area contributed by atoms with E-state index >= 15 is 0 Å². The number of ether oxygens (including phenoxy) is 1. The molecule has 2 aromatic carbocycles. The zero-order valence-corrected chi connectivity index (χ0v) is 24.3. The quantitative estimate of drug-likeness (QED) is 0.333. The molecule has 3 aliphatic heterocycles. The second kappa shape index (κ2) is 10.7. The molecule has 0 aromatic heterocycles. The van der Waals surface area contributed by atoms with Crippen molar-refractivity contribution in [1.82, 2.24) is 4.90 Å². The van der Waals surface area contributed by atoms with E-state index in [2.05, 4.69) is 0 Å². The van der Waals surface area contributed by atoms with Crippen LogP contribution in [0.2, 0.25) is 0 Å². The van der Waals surface area contributed by atoms with Crippen LogP contribution in [0.3, 0.4) is 0 Å². The zero-order valence-electron chi connectivity index (χ0n) is 24.3. The predicted molar refractivity (Wildman–Crippen MR) is 148 cm³/mol. The molecule has 0 radical (unpaired) electrons. The number of hydrogen-bond donors (Lipinski definition) is 1. The van der Waals surface area contributed by atoms with E-state index in [1.54, 1.807) is 13.8 Å². The number of benzene rings is 2. The molecule has 6 rings (SSSR count). The molecule has 0 amide bonds. The van der Waals surface area contributed by atoms with Crippen molar-refractivity contribution in [3.63, 3.8) is 0 Å². The van der Waals surface area contributed by atoms with Crippen molar-refractivity contribution < 1.29 is 41.0 Å². The van der Waals surface area contributed by atoms with Gasteiger partial charge in [0.25, 0.3) is 0 Å². The number of carbonyl (C=O) groups is 1. The van der Waals surface area contributed by atoms with Crippen molar-refractivity contribution >= 4 is 5.97 Å². The van der Waals surface area contributed by atoms with Crippen LogP contribution in [0.5, 0.6) is 5.75 Å². The smallest absolute Gasteiger partial charge is 0.416 e. The molecule has 1 N–H and O–H groups in total. The molecule has 3 unspecified atom stereocenters. The SMILES string of the molecule is C[C@H](C(=O)O)[C@H](c1ccc2c(c1)OC1(CC2)CCC2CCC(C1)N2[C@@H](C)c1cc(C(F)(F)F)ccc1C(F)(F)F)C1CC1. The highest BCUT2D eigenvalue weighted by Gasteiger charge is 2.50. The predicted octanol–water partition coefficient (Wildman–Crippen LogP) is 8.78. The highest BCUT2D eigenvalue weighted by atomic mass is 19.4. The number of alkyl halides is 6. The molecule has 4 aliphatic rings. The zero-order chi connectivity index (χ0) is 30.9. The van der Waals surface area contributed by atoms with Crippen LogP contribution in [0.4, 0.5) is 26.3 Å². The molecule has 1 spiro atoms. The third-order valence-electron chi connectivity index (χ3n) is 10.5. The lowest BCUT2D eigenvalue weighted by molar-refractivity contribution is -0.142. The number of carboxylic acid groups (broad SMARTS) is 1. The number of halogens is 6. The lowest BCUT2D eigenvalue weighted by Gasteiger charge is -2.41. The van der Waals surface area contributed by atoms with E-state index in [1.807, 2.05) is 23.1 Å². The fourth-order valence-corrected chi connectivity index (χ4v) is 8.20. The maximum absolute atomic E-state index is 14.0. The van der Waals surface area contributed by atoms with Gasteiger partial charge in [-0.25, -0.2) is 0 Å². The van der Waals surface area contributed by atoms with Gasteiger partial charge in [-0.15, -0.1) is 0 Å². The molecule has 2 aromatic rings. The first-order chi connectivity index (χ1) is 20.2. The summed E-state index contributed by atoms with van der Waals surface area (Å²) in [6.45, 7) is 3.35. The molecule has 4 nitrogen and oxygen atoms in total. The minimum absolute atomic E-state index is 0.0537. The molecular weight excluding hydrogens is 572 g/mol. The van der Waals surface area contributed by atoms with Gasteiger partial charge in [0.05, 0.1) is 17.0 Å². The lowest BCUT2D eigenvalue weighted by atomic mass is 9.79. The number of nitrogens with zero attached hydrogens (tertiary/aromatic N) is 1. The van der Waals surface area contributed by atoms with E-state index in [9.17, 15) is 36.2 Å². The van der Waals surface area contributed by atoms with Crippen molar-refractivity contribution in [1.29, 1.82) is 0 Å². The van der Waals surface area contributed by atoms with Crippen LogP contribution < -0.4 is 4.74 Å². The summed E-state index contributed by atoms with van der Waals surface area (Å²) < 4.78 is 89.5. The Kier molecular flexibility index (Phi) is 7.54. The Morgan fingerprint density at radius 2 is 1.65 bits per heavy atom. The molecule has 3 fully saturated rings. The Labute approximate surface area is 247 Å². The van der Waals surface area contributed by atoms with E-state index < -0.39 is 47.0 Å². The number of carboxylic acids is 1. The molecule has 1 saturated carbocycles. The summed E-state index contributed by atoms with van der Waals surface area (Å²) in [6, 6.07) is 6.77. The Bertz CT molecular complexity index is 1390. The Balaban J connectivity index is 1.28. The minimum atomic E-state index is -4.77. The number of aliphatic carboxylic acids is 1. The van der Waals surface area contributed by atoms with Gasteiger partial charge in [0.2, 0.25) is 0 Å². The van der Waals surface area contributed by atoms with E-state index in [4.69, 9.17) is 4.74 Å². The van der Waals surface area contributed by atoms with Crippen molar-refractivity contribution in [3.8, 4) is 5.75 Å². The summed E-state index contributed by atoms with van der Waals surface area (Å²) >= 11 is 0. The third-order valence-corrected chi connectivity index (χ3v) is 10.5. The van der Waals surface area contributed by atoms with E-state index in [1.165, 1.54) is 0 Å². The second-order valence-electron chi connectivity index (χ2n) is 13.2. The summed E-state index contributed by atoms with van der Waals surface area (Å²) in [5.74, 6) is -0.356. The van der Waals surface area contributed by atoms with Gasteiger partial charge in [-0.05, 0) is 111 Å². The maximum atomic E-state index is 14.0. The second-order valence-corrected chi connectivity index (χ2v) is 13.2. The third kappa shape index (κ3) is 5.76. The van der Waals surface area contributed by atoms with Gasteiger partial charge >= 0.3 is 18.3 Å². The highest BCUT2D eigenvalue weighted by Crippen LogP contribution is 2.52. The number of fused-ring (bicyclic) bond motifs is 3. The average molecular weight is 610 g/mol. The first-order valence-corrected chi connectivity index (χ1v) is 15.3. The molecular formula is C33H37F6NO3. The van der Waals surface area contributed by atoms with Gasteiger partial charge in [-0.1, -0.05) is 19.1 Å².